The van der Waals surface area contributed by atoms with E-state index in [1.54, 1.807) is 6.08 Å². The minimum atomic E-state index is -3.67. The molecule has 28 heavy (non-hydrogen) atoms. The molecule has 0 radical (unpaired) electrons. The van der Waals surface area contributed by atoms with Gasteiger partial charge in [0.1, 0.15) is 0 Å². The molecule has 0 atom stereocenters. The molecule has 1 aliphatic rings. The number of hydrogen-bond acceptors (Lipinski definition) is 4. The molecule has 3 rings (SSSR count). The van der Waals surface area contributed by atoms with Gasteiger partial charge in [-0.2, -0.15) is 12.8 Å². The maximum absolute atomic E-state index is 12.0. The second-order valence-corrected chi connectivity index (χ2v) is 9.09. The molecule has 0 aliphatic carbocycles. The topological polar surface area (TPSA) is 95.1 Å². The number of benzene rings is 1. The van der Waals surface area contributed by atoms with Gasteiger partial charge in [-0.05, 0) is 56.5 Å². The zero-order valence-corrected chi connectivity index (χ0v) is 16.9. The van der Waals surface area contributed by atoms with E-state index in [0.717, 1.165) is 22.0 Å². The minimum Gasteiger partial charge on any atom is -0.361 e. The number of hydroxylamine groups is 2. The normalized spacial score (nSPS) is 15.9. The van der Waals surface area contributed by atoms with E-state index in [2.05, 4.69) is 9.38 Å². The van der Waals surface area contributed by atoms with Crippen molar-refractivity contribution in [2.45, 2.75) is 39.3 Å². The van der Waals surface area contributed by atoms with Crippen molar-refractivity contribution in [3.8, 4) is 0 Å². The number of hydrogen-bond donors (Lipinski definition) is 1. The first kappa shape index (κ1) is 20.1. The van der Waals surface area contributed by atoms with Crippen molar-refractivity contribution in [1.29, 1.82) is 0 Å². The number of aromatic amines is 1. The summed E-state index contributed by atoms with van der Waals surface area (Å²) in [5.41, 5.74) is 2.36. The Bertz CT molecular complexity index is 1020. The lowest BCUT2D eigenvalue weighted by atomic mass is 10.1. The van der Waals surface area contributed by atoms with Gasteiger partial charge in [0.15, 0.2) is 0 Å². The number of nitrogens with zero attached hydrogens (tertiary/aromatic N) is 3. The van der Waals surface area contributed by atoms with Gasteiger partial charge in [-0.3, -0.25) is 13.9 Å². The van der Waals surface area contributed by atoms with E-state index in [9.17, 15) is 13.2 Å². The molecule has 1 aromatic carbocycles. The van der Waals surface area contributed by atoms with E-state index >= 15 is 0 Å². The zero-order valence-electron chi connectivity index (χ0n) is 16.1. The highest BCUT2D eigenvalue weighted by atomic mass is 32.2. The SMILES string of the molecule is CC(C)(C)ON(C=O)CCc1c[nH]c2ccc(CN3C=CC=NS3(=O)=O)cc12. The molecule has 1 aromatic heterocycles. The second-order valence-electron chi connectivity index (χ2n) is 7.51. The van der Waals surface area contributed by atoms with Gasteiger partial charge in [-0.25, -0.2) is 5.06 Å². The number of allylic oxidation sites excluding steroid dienone is 1. The van der Waals surface area contributed by atoms with Crippen LogP contribution in [-0.2, 0) is 32.8 Å². The summed E-state index contributed by atoms with van der Waals surface area (Å²) in [5, 5.41) is 2.28. The molecule has 0 bridgehead atoms. The molecular weight excluding hydrogens is 380 g/mol. The quantitative estimate of drug-likeness (QED) is 0.567. The maximum atomic E-state index is 12.0. The number of nitrogens with one attached hydrogen (secondary N) is 1. The lowest BCUT2D eigenvalue weighted by Gasteiger charge is -2.26. The largest absolute Gasteiger partial charge is 0.361 e. The Morgan fingerprint density at radius 2 is 2.11 bits per heavy atom. The minimum absolute atomic E-state index is 0.199. The third kappa shape index (κ3) is 4.79. The Balaban J connectivity index is 1.76. The van der Waals surface area contributed by atoms with Crippen LogP contribution in [0, 0.1) is 0 Å². The summed E-state index contributed by atoms with van der Waals surface area (Å²) in [6, 6.07) is 5.75. The lowest BCUT2D eigenvalue weighted by Crippen LogP contribution is -2.34. The van der Waals surface area contributed by atoms with E-state index in [1.807, 2.05) is 45.2 Å². The molecule has 0 unspecified atom stereocenters. The molecule has 0 fully saturated rings. The zero-order chi connectivity index (χ0) is 20.4. The molecule has 9 heteroatoms. The molecular formula is C19H24N4O4S. The second kappa shape index (κ2) is 7.76. The Hall–Kier alpha value is -2.65. The molecule has 0 saturated carbocycles. The van der Waals surface area contributed by atoms with Crippen LogP contribution < -0.4 is 0 Å². The molecule has 0 spiro atoms. The Kier molecular flexibility index (Phi) is 5.57. The summed E-state index contributed by atoms with van der Waals surface area (Å²) in [5.74, 6) is 0. The smallest absolute Gasteiger partial charge is 0.344 e. The predicted octanol–water partition coefficient (Wildman–Crippen LogP) is 2.54. The van der Waals surface area contributed by atoms with Gasteiger partial charge in [0, 0.05) is 29.5 Å². The molecule has 1 amide bonds. The number of carbonyl (C=O) groups excluding carboxylic acids is 1. The fourth-order valence-electron chi connectivity index (χ4n) is 2.93. The van der Waals surface area contributed by atoms with Crippen molar-refractivity contribution in [2.75, 3.05) is 6.54 Å². The Morgan fingerprint density at radius 3 is 2.79 bits per heavy atom. The van der Waals surface area contributed by atoms with E-state index in [-0.39, 0.29) is 6.54 Å². The van der Waals surface area contributed by atoms with E-state index in [1.165, 1.54) is 21.8 Å². The highest BCUT2D eigenvalue weighted by Gasteiger charge is 2.20. The summed E-state index contributed by atoms with van der Waals surface area (Å²) in [4.78, 5) is 20.1. The van der Waals surface area contributed by atoms with Crippen molar-refractivity contribution in [3.63, 3.8) is 0 Å². The van der Waals surface area contributed by atoms with Gasteiger partial charge in [0.2, 0.25) is 6.41 Å². The third-order valence-corrected chi connectivity index (χ3v) is 5.34. The molecule has 2 heterocycles. The van der Waals surface area contributed by atoms with Crippen molar-refractivity contribution in [2.24, 2.45) is 4.40 Å². The van der Waals surface area contributed by atoms with Gasteiger partial charge in [0.05, 0.1) is 18.7 Å². The average molecular weight is 404 g/mol. The van der Waals surface area contributed by atoms with Crippen LogP contribution in [-0.4, -0.2) is 47.5 Å². The summed E-state index contributed by atoms with van der Waals surface area (Å²) >= 11 is 0. The van der Waals surface area contributed by atoms with Crippen LogP contribution in [0.3, 0.4) is 0 Å². The first-order chi connectivity index (χ1) is 13.2. The molecule has 8 nitrogen and oxygen atoms in total. The average Bonchev–Trinajstić information content (AvgIpc) is 3.02. The van der Waals surface area contributed by atoms with Gasteiger partial charge in [-0.15, -0.1) is 0 Å². The summed E-state index contributed by atoms with van der Waals surface area (Å²) in [6.45, 7) is 6.26. The fourth-order valence-corrected chi connectivity index (χ4v) is 3.81. The molecule has 1 N–H and O–H groups in total. The van der Waals surface area contributed by atoms with Gasteiger partial charge < -0.3 is 4.98 Å². The highest BCUT2D eigenvalue weighted by Crippen LogP contribution is 2.23. The number of aromatic nitrogens is 1. The predicted molar refractivity (Wildman–Crippen MR) is 108 cm³/mol. The van der Waals surface area contributed by atoms with Crippen LogP contribution in [0.4, 0.5) is 0 Å². The van der Waals surface area contributed by atoms with E-state index in [0.29, 0.717) is 19.4 Å². The number of carbonyl (C=O) groups is 1. The van der Waals surface area contributed by atoms with E-state index in [4.69, 9.17) is 4.84 Å². The van der Waals surface area contributed by atoms with Crippen molar-refractivity contribution in [1.82, 2.24) is 14.4 Å². The molecule has 150 valence electrons. The third-order valence-electron chi connectivity index (χ3n) is 4.11. The first-order valence-electron chi connectivity index (χ1n) is 8.92. The van der Waals surface area contributed by atoms with Crippen molar-refractivity contribution in [3.05, 3.63) is 47.8 Å². The maximum Gasteiger partial charge on any atom is 0.344 e. The van der Waals surface area contributed by atoms with Crippen LogP contribution in [0.2, 0.25) is 0 Å². The van der Waals surface area contributed by atoms with E-state index < -0.39 is 15.8 Å². The van der Waals surface area contributed by atoms with Gasteiger partial charge in [-0.1, -0.05) is 6.07 Å². The van der Waals surface area contributed by atoms with Crippen LogP contribution >= 0.6 is 0 Å². The molecule has 2 aromatic rings. The van der Waals surface area contributed by atoms with Crippen molar-refractivity contribution < 1.29 is 18.0 Å². The molecule has 0 saturated heterocycles. The number of H-pyrrole nitrogens is 1. The Labute approximate surface area is 164 Å². The van der Waals surface area contributed by atoms with Crippen LogP contribution in [0.15, 0.2) is 41.1 Å². The number of amides is 1. The van der Waals surface area contributed by atoms with Crippen LogP contribution in [0.1, 0.15) is 31.9 Å². The number of rotatable bonds is 7. The van der Waals surface area contributed by atoms with Crippen LogP contribution in [0.5, 0.6) is 0 Å². The molecule has 1 aliphatic heterocycles. The lowest BCUT2D eigenvalue weighted by molar-refractivity contribution is -0.215. The van der Waals surface area contributed by atoms with Gasteiger partial charge >= 0.3 is 10.2 Å². The monoisotopic (exact) mass is 404 g/mol. The fraction of sp³-hybridized carbons (Fsp3) is 0.368. The summed E-state index contributed by atoms with van der Waals surface area (Å²) < 4.78 is 28.7. The first-order valence-corrected chi connectivity index (χ1v) is 10.3. The highest BCUT2D eigenvalue weighted by molar-refractivity contribution is 7.88. The number of fused-ring (bicyclic) bond motifs is 1. The Morgan fingerprint density at radius 1 is 1.32 bits per heavy atom. The van der Waals surface area contributed by atoms with Gasteiger partial charge in [0.25, 0.3) is 0 Å². The van der Waals surface area contributed by atoms with Crippen LogP contribution in [0.25, 0.3) is 10.9 Å². The summed E-state index contributed by atoms with van der Waals surface area (Å²) in [6.07, 6.45) is 7.53. The standard InChI is InChI=1S/C19H24N4O4S/c1-19(2,3)27-22(14-24)10-7-16-12-20-18-6-5-15(11-17(16)18)13-23-9-4-8-21-28(23,25)26/h4-6,8-9,11-12,14,20H,7,10,13H2,1-3H3. The summed E-state index contributed by atoms with van der Waals surface area (Å²) in [7, 11) is -3.67. The van der Waals surface area contributed by atoms with Crippen molar-refractivity contribution >= 4 is 33.7 Å².